The average molecular weight is 470 g/mol. The number of likely N-dealkylation sites (N-methyl/N-ethyl adjacent to an activating group) is 1. The van der Waals surface area contributed by atoms with Crippen LogP contribution in [-0.2, 0) is 4.79 Å². The Kier molecular flexibility index (Phi) is 6.07. The third-order valence-electron chi connectivity index (χ3n) is 5.74. The number of aromatic nitrogens is 3. The molecule has 1 aliphatic rings. The second kappa shape index (κ2) is 9.47. The topological polar surface area (TPSA) is 95.1 Å². The number of benzene rings is 2. The highest BCUT2D eigenvalue weighted by Crippen LogP contribution is 2.32. The molecule has 2 aromatic carbocycles. The first-order valence-corrected chi connectivity index (χ1v) is 11.2. The smallest absolute Gasteiger partial charge is 0.247 e. The van der Waals surface area contributed by atoms with Crippen LogP contribution in [-0.4, -0.2) is 51.9 Å². The van der Waals surface area contributed by atoms with E-state index in [0.29, 0.717) is 45.4 Å². The number of pyridine rings is 1. The van der Waals surface area contributed by atoms with E-state index in [4.69, 9.17) is 0 Å². The van der Waals surface area contributed by atoms with Crippen molar-refractivity contribution in [2.45, 2.75) is 6.04 Å². The highest BCUT2D eigenvalue weighted by molar-refractivity contribution is 6.00. The van der Waals surface area contributed by atoms with Crippen molar-refractivity contribution in [1.29, 1.82) is 0 Å². The number of nitrogens with zero attached hydrogens (tertiary/aromatic N) is 4. The van der Waals surface area contributed by atoms with Gasteiger partial charge in [0.25, 0.3) is 0 Å². The van der Waals surface area contributed by atoms with Crippen molar-refractivity contribution in [3.05, 3.63) is 79.4 Å². The van der Waals surface area contributed by atoms with Gasteiger partial charge in [0.15, 0.2) is 0 Å². The zero-order chi connectivity index (χ0) is 24.4. The molecule has 1 fully saturated rings. The first-order chi connectivity index (χ1) is 17.0. The number of carbonyl (C=O) groups is 1. The number of amides is 1. The Morgan fingerprint density at radius 3 is 2.71 bits per heavy atom. The molecule has 4 aromatic rings. The minimum atomic E-state index is -0.423. The molecular formula is C26H24FN7O. The number of hydrogen-bond acceptors (Lipinski definition) is 7. The number of hydrogen-bond donors (Lipinski definition) is 3. The van der Waals surface area contributed by atoms with Gasteiger partial charge in [-0.1, -0.05) is 18.7 Å². The van der Waals surface area contributed by atoms with Crippen LogP contribution in [0.1, 0.15) is 0 Å². The lowest BCUT2D eigenvalue weighted by Crippen LogP contribution is -2.52. The van der Waals surface area contributed by atoms with Gasteiger partial charge in [-0.2, -0.15) is 0 Å². The minimum absolute atomic E-state index is 0.323. The fraction of sp³-hybridized carbons (Fsp3) is 0.154. The molecule has 9 heteroatoms. The van der Waals surface area contributed by atoms with Crippen LogP contribution >= 0.6 is 0 Å². The van der Waals surface area contributed by atoms with Crippen LogP contribution in [0, 0.1) is 5.82 Å². The molecule has 1 saturated heterocycles. The second-order valence-corrected chi connectivity index (χ2v) is 8.45. The average Bonchev–Trinajstić information content (AvgIpc) is 2.84. The van der Waals surface area contributed by atoms with Crippen molar-refractivity contribution in [3.8, 4) is 11.1 Å². The number of likely N-dealkylation sites (tertiary alicyclic amines) is 1. The third-order valence-corrected chi connectivity index (χ3v) is 5.74. The predicted octanol–water partition coefficient (Wildman–Crippen LogP) is 4.42. The van der Waals surface area contributed by atoms with Crippen molar-refractivity contribution < 1.29 is 9.18 Å². The maximum atomic E-state index is 15.0. The normalized spacial score (nSPS) is 13.8. The summed E-state index contributed by atoms with van der Waals surface area (Å²) in [7, 11) is 2.08. The molecule has 3 N–H and O–H groups in total. The van der Waals surface area contributed by atoms with E-state index in [9.17, 15) is 4.79 Å². The maximum Gasteiger partial charge on any atom is 0.247 e. The highest BCUT2D eigenvalue weighted by Gasteiger charge is 2.22. The first kappa shape index (κ1) is 22.4. The Labute approximate surface area is 201 Å². The minimum Gasteiger partial charge on any atom is -0.365 e. The number of rotatable bonds is 7. The lowest BCUT2D eigenvalue weighted by molar-refractivity contribution is -0.111. The van der Waals surface area contributed by atoms with Crippen molar-refractivity contribution in [2.24, 2.45) is 0 Å². The first-order valence-electron chi connectivity index (χ1n) is 11.2. The molecule has 35 heavy (non-hydrogen) atoms. The summed E-state index contributed by atoms with van der Waals surface area (Å²) in [6.45, 7) is 5.45. The van der Waals surface area contributed by atoms with Gasteiger partial charge in [0, 0.05) is 35.9 Å². The zero-order valence-corrected chi connectivity index (χ0v) is 19.1. The fourth-order valence-electron chi connectivity index (χ4n) is 4.04. The summed E-state index contributed by atoms with van der Waals surface area (Å²) < 4.78 is 15.0. The van der Waals surface area contributed by atoms with Gasteiger partial charge >= 0.3 is 0 Å². The summed E-state index contributed by atoms with van der Waals surface area (Å²) in [5, 5.41) is 9.92. The number of anilines is 4. The van der Waals surface area contributed by atoms with E-state index in [1.807, 2.05) is 12.1 Å². The summed E-state index contributed by atoms with van der Waals surface area (Å²) in [6, 6.07) is 14.2. The molecule has 3 heterocycles. The van der Waals surface area contributed by atoms with Crippen molar-refractivity contribution >= 4 is 40.0 Å². The third kappa shape index (κ3) is 4.95. The Bertz CT molecular complexity index is 1400. The quantitative estimate of drug-likeness (QED) is 0.345. The van der Waals surface area contributed by atoms with Gasteiger partial charge in [-0.15, -0.1) is 0 Å². The van der Waals surface area contributed by atoms with Crippen molar-refractivity contribution in [3.63, 3.8) is 0 Å². The van der Waals surface area contributed by atoms with E-state index >= 15 is 4.39 Å². The zero-order valence-electron chi connectivity index (χ0n) is 19.1. The molecular weight excluding hydrogens is 445 g/mol. The Morgan fingerprint density at radius 1 is 1.11 bits per heavy atom. The van der Waals surface area contributed by atoms with E-state index in [1.54, 1.807) is 42.7 Å². The van der Waals surface area contributed by atoms with Gasteiger partial charge in [-0.3, -0.25) is 4.79 Å². The Hall–Kier alpha value is -4.37. The van der Waals surface area contributed by atoms with Crippen LogP contribution in [0.2, 0.25) is 0 Å². The Balaban J connectivity index is 1.42. The number of halogens is 1. The molecule has 1 amide bonds. The molecule has 0 bridgehead atoms. The van der Waals surface area contributed by atoms with Gasteiger partial charge in [-0.05, 0) is 55.1 Å². The predicted molar refractivity (Wildman–Crippen MR) is 136 cm³/mol. The van der Waals surface area contributed by atoms with Gasteiger partial charge in [0.2, 0.25) is 11.9 Å². The van der Waals surface area contributed by atoms with Crippen molar-refractivity contribution in [2.75, 3.05) is 36.1 Å². The van der Waals surface area contributed by atoms with Gasteiger partial charge < -0.3 is 20.9 Å². The SMILES string of the molecule is C=CC(=O)Nc1cccc(-c2c(F)ccc3cnc(Nc4ccc(NC5CN(C)C5)nc4)nc23)c1. The molecule has 2 aromatic heterocycles. The fourth-order valence-corrected chi connectivity index (χ4v) is 4.04. The molecule has 176 valence electrons. The van der Waals surface area contributed by atoms with Crippen LogP contribution in [0.25, 0.3) is 22.0 Å². The lowest BCUT2D eigenvalue weighted by atomic mass is 10.0. The van der Waals surface area contributed by atoms with Gasteiger partial charge in [0.1, 0.15) is 11.6 Å². The number of nitrogens with one attached hydrogen (secondary N) is 3. The van der Waals surface area contributed by atoms with E-state index < -0.39 is 5.82 Å². The van der Waals surface area contributed by atoms with E-state index in [1.165, 1.54) is 12.1 Å². The summed E-state index contributed by atoms with van der Waals surface area (Å²) in [6.07, 6.45) is 4.53. The van der Waals surface area contributed by atoms with Crippen LogP contribution in [0.5, 0.6) is 0 Å². The maximum absolute atomic E-state index is 15.0. The van der Waals surface area contributed by atoms with E-state index in [-0.39, 0.29) is 5.91 Å². The molecule has 0 spiro atoms. The number of carbonyl (C=O) groups excluding carboxylic acids is 1. The molecule has 0 saturated carbocycles. The molecule has 1 aliphatic heterocycles. The largest absolute Gasteiger partial charge is 0.365 e. The van der Waals surface area contributed by atoms with Gasteiger partial charge in [-0.25, -0.2) is 19.3 Å². The molecule has 0 unspecified atom stereocenters. The highest BCUT2D eigenvalue weighted by atomic mass is 19.1. The van der Waals surface area contributed by atoms with Crippen LogP contribution in [0.3, 0.4) is 0 Å². The van der Waals surface area contributed by atoms with Crippen molar-refractivity contribution in [1.82, 2.24) is 19.9 Å². The summed E-state index contributed by atoms with van der Waals surface area (Å²) in [5.74, 6) is 0.363. The summed E-state index contributed by atoms with van der Waals surface area (Å²) in [5.41, 5.74) is 2.61. The molecule has 0 radical (unpaired) electrons. The standard InChI is InChI=1S/C26H24FN7O/c1-3-23(35)31-18-6-4-5-16(11-18)24-21(27)9-7-17-12-29-26(33-25(17)24)32-19-8-10-22(28-13-19)30-20-14-34(2)15-20/h3-13,20H,1,14-15H2,2H3,(H,28,30)(H,31,35)(H,29,32,33). The summed E-state index contributed by atoms with van der Waals surface area (Å²) in [4.78, 5) is 27.4. The number of fused-ring (bicyclic) bond motifs is 1. The Morgan fingerprint density at radius 2 is 1.97 bits per heavy atom. The molecule has 5 rings (SSSR count). The summed E-state index contributed by atoms with van der Waals surface area (Å²) >= 11 is 0. The monoisotopic (exact) mass is 469 g/mol. The van der Waals surface area contributed by atoms with E-state index in [0.717, 1.165) is 18.9 Å². The van der Waals surface area contributed by atoms with Gasteiger partial charge in [0.05, 0.1) is 23.4 Å². The van der Waals surface area contributed by atoms with E-state index in [2.05, 4.69) is 49.4 Å². The second-order valence-electron chi connectivity index (χ2n) is 8.45. The van der Waals surface area contributed by atoms with Crippen LogP contribution < -0.4 is 16.0 Å². The lowest BCUT2D eigenvalue weighted by Gasteiger charge is -2.36. The molecule has 0 aliphatic carbocycles. The van der Waals surface area contributed by atoms with Crippen LogP contribution in [0.4, 0.5) is 27.5 Å². The molecule has 0 atom stereocenters. The molecule has 8 nitrogen and oxygen atoms in total. The van der Waals surface area contributed by atoms with Crippen LogP contribution in [0.15, 0.2) is 73.6 Å².